The van der Waals surface area contributed by atoms with Gasteiger partial charge in [0, 0.05) is 26.6 Å². The summed E-state index contributed by atoms with van der Waals surface area (Å²) in [5, 5.41) is 9.60. The van der Waals surface area contributed by atoms with E-state index in [-0.39, 0.29) is 12.0 Å². The van der Waals surface area contributed by atoms with E-state index in [1.165, 1.54) is 0 Å². The van der Waals surface area contributed by atoms with Gasteiger partial charge in [-0.3, -0.25) is 4.79 Å². The summed E-state index contributed by atoms with van der Waals surface area (Å²) in [5.74, 6) is 1.05. The van der Waals surface area contributed by atoms with Gasteiger partial charge in [0.05, 0.1) is 17.2 Å². The lowest BCUT2D eigenvalue weighted by Gasteiger charge is -2.29. The van der Waals surface area contributed by atoms with Crippen LogP contribution in [0.2, 0.25) is 0 Å². The van der Waals surface area contributed by atoms with Crippen molar-refractivity contribution >= 4 is 16.9 Å². The zero-order valence-electron chi connectivity index (χ0n) is 13.2. The van der Waals surface area contributed by atoms with Gasteiger partial charge in [-0.05, 0) is 31.4 Å². The predicted molar refractivity (Wildman–Crippen MR) is 85.9 cm³/mol. The standard InChI is InChI=1S/C17H23N3O2/c1-3-5-15-18-16-13(6-4-7-14(16)19(15)2)17(22)20-10-8-12(21)9-11-20/h4,6-7,12,21H,3,5,8-11H2,1-2H3. The van der Waals surface area contributed by atoms with Crippen LogP contribution in [0.1, 0.15) is 42.4 Å². The zero-order chi connectivity index (χ0) is 15.7. The van der Waals surface area contributed by atoms with E-state index in [4.69, 9.17) is 4.98 Å². The van der Waals surface area contributed by atoms with Gasteiger partial charge in [0.25, 0.3) is 5.91 Å². The Morgan fingerprint density at radius 3 is 2.77 bits per heavy atom. The summed E-state index contributed by atoms with van der Waals surface area (Å²) < 4.78 is 2.08. The van der Waals surface area contributed by atoms with Crippen LogP contribution in [0, 0.1) is 0 Å². The lowest BCUT2D eigenvalue weighted by atomic mass is 10.1. The molecule has 118 valence electrons. The van der Waals surface area contributed by atoms with Crippen LogP contribution in [-0.4, -0.2) is 44.7 Å². The number of carbonyl (C=O) groups excluding carboxylic acids is 1. The molecule has 1 aliphatic heterocycles. The minimum atomic E-state index is -0.272. The van der Waals surface area contributed by atoms with Crippen LogP contribution in [0.3, 0.4) is 0 Å². The maximum absolute atomic E-state index is 12.8. The fourth-order valence-corrected chi connectivity index (χ4v) is 3.12. The second kappa shape index (κ2) is 6.08. The first-order valence-electron chi connectivity index (χ1n) is 8.03. The summed E-state index contributed by atoms with van der Waals surface area (Å²) in [4.78, 5) is 19.3. The Morgan fingerprint density at radius 2 is 2.09 bits per heavy atom. The number of para-hydroxylation sites is 1. The first-order valence-corrected chi connectivity index (χ1v) is 8.03. The molecular formula is C17H23N3O2. The molecule has 0 spiro atoms. The molecule has 1 aromatic heterocycles. The highest BCUT2D eigenvalue weighted by atomic mass is 16.3. The number of piperidine rings is 1. The normalized spacial score (nSPS) is 16.4. The molecule has 5 nitrogen and oxygen atoms in total. The molecule has 0 atom stereocenters. The van der Waals surface area contributed by atoms with Crippen LogP contribution in [-0.2, 0) is 13.5 Å². The number of likely N-dealkylation sites (tertiary alicyclic amines) is 1. The van der Waals surface area contributed by atoms with Crippen molar-refractivity contribution in [2.45, 2.75) is 38.7 Å². The van der Waals surface area contributed by atoms with Gasteiger partial charge < -0.3 is 14.6 Å². The molecule has 1 aromatic carbocycles. The largest absolute Gasteiger partial charge is 0.393 e. The molecule has 2 heterocycles. The van der Waals surface area contributed by atoms with Crippen molar-refractivity contribution in [2.75, 3.05) is 13.1 Å². The molecule has 1 saturated heterocycles. The first kappa shape index (κ1) is 15.0. The second-order valence-corrected chi connectivity index (χ2v) is 6.03. The highest BCUT2D eigenvalue weighted by Gasteiger charge is 2.24. The van der Waals surface area contributed by atoms with Crippen molar-refractivity contribution in [1.29, 1.82) is 0 Å². The van der Waals surface area contributed by atoms with Crippen molar-refractivity contribution in [2.24, 2.45) is 7.05 Å². The van der Waals surface area contributed by atoms with Crippen LogP contribution >= 0.6 is 0 Å². The molecule has 3 rings (SSSR count). The summed E-state index contributed by atoms with van der Waals surface area (Å²) in [6, 6.07) is 5.79. The number of aliphatic hydroxyl groups excluding tert-OH is 1. The van der Waals surface area contributed by atoms with Gasteiger partial charge in [-0.25, -0.2) is 4.98 Å². The van der Waals surface area contributed by atoms with Gasteiger partial charge >= 0.3 is 0 Å². The molecule has 0 saturated carbocycles. The number of rotatable bonds is 3. The van der Waals surface area contributed by atoms with E-state index in [1.54, 1.807) is 0 Å². The third-order valence-corrected chi connectivity index (χ3v) is 4.46. The van der Waals surface area contributed by atoms with Crippen LogP contribution in [0.4, 0.5) is 0 Å². The third kappa shape index (κ3) is 2.61. The number of aryl methyl sites for hydroxylation is 2. The fourth-order valence-electron chi connectivity index (χ4n) is 3.12. The van der Waals surface area contributed by atoms with Gasteiger partial charge in [0.15, 0.2) is 0 Å². The number of benzene rings is 1. The van der Waals surface area contributed by atoms with E-state index in [2.05, 4.69) is 11.5 Å². The van der Waals surface area contributed by atoms with Crippen molar-refractivity contribution in [1.82, 2.24) is 14.5 Å². The summed E-state index contributed by atoms with van der Waals surface area (Å²) in [5.41, 5.74) is 2.47. The summed E-state index contributed by atoms with van der Waals surface area (Å²) in [6.07, 6.45) is 2.99. The monoisotopic (exact) mass is 301 g/mol. The molecule has 1 N–H and O–H groups in total. The van der Waals surface area contributed by atoms with Crippen LogP contribution in [0.25, 0.3) is 11.0 Å². The maximum atomic E-state index is 12.8. The maximum Gasteiger partial charge on any atom is 0.256 e. The average molecular weight is 301 g/mol. The van der Waals surface area contributed by atoms with Gasteiger partial charge in [-0.15, -0.1) is 0 Å². The van der Waals surface area contributed by atoms with Crippen molar-refractivity contribution in [3.63, 3.8) is 0 Å². The quantitative estimate of drug-likeness (QED) is 0.944. The highest BCUT2D eigenvalue weighted by molar-refractivity contribution is 6.05. The minimum absolute atomic E-state index is 0.0265. The minimum Gasteiger partial charge on any atom is -0.393 e. The Hall–Kier alpha value is -1.88. The Bertz CT molecular complexity index is 685. The number of carbonyl (C=O) groups is 1. The molecule has 5 heteroatoms. The van der Waals surface area contributed by atoms with Crippen molar-refractivity contribution in [3.05, 3.63) is 29.6 Å². The van der Waals surface area contributed by atoms with E-state index in [9.17, 15) is 9.90 Å². The Morgan fingerprint density at radius 1 is 1.36 bits per heavy atom. The molecule has 1 aliphatic rings. The number of imidazole rings is 1. The van der Waals surface area contributed by atoms with E-state index < -0.39 is 0 Å². The zero-order valence-corrected chi connectivity index (χ0v) is 13.2. The van der Waals surface area contributed by atoms with E-state index in [0.717, 1.165) is 29.7 Å². The van der Waals surface area contributed by atoms with E-state index in [1.807, 2.05) is 30.1 Å². The second-order valence-electron chi connectivity index (χ2n) is 6.03. The van der Waals surface area contributed by atoms with E-state index >= 15 is 0 Å². The van der Waals surface area contributed by atoms with Gasteiger partial charge in [-0.1, -0.05) is 13.0 Å². The lowest BCUT2D eigenvalue weighted by molar-refractivity contribution is 0.0548. The molecular weight excluding hydrogens is 278 g/mol. The summed E-state index contributed by atoms with van der Waals surface area (Å²) in [7, 11) is 2.01. The lowest BCUT2D eigenvalue weighted by Crippen LogP contribution is -2.40. The average Bonchev–Trinajstić information content (AvgIpc) is 2.84. The number of hydrogen-bond acceptors (Lipinski definition) is 3. The van der Waals surface area contributed by atoms with Crippen LogP contribution in [0.15, 0.2) is 18.2 Å². The topological polar surface area (TPSA) is 58.4 Å². The number of hydrogen-bond donors (Lipinski definition) is 1. The molecule has 0 radical (unpaired) electrons. The van der Waals surface area contributed by atoms with Gasteiger partial charge in [0.2, 0.25) is 0 Å². The molecule has 1 fully saturated rings. The summed E-state index contributed by atoms with van der Waals surface area (Å²) in [6.45, 7) is 3.36. The first-order chi connectivity index (χ1) is 10.6. The van der Waals surface area contributed by atoms with Crippen LogP contribution in [0.5, 0.6) is 0 Å². The molecule has 2 aromatic rings. The van der Waals surface area contributed by atoms with Crippen LogP contribution < -0.4 is 0 Å². The molecule has 0 bridgehead atoms. The third-order valence-electron chi connectivity index (χ3n) is 4.46. The predicted octanol–water partition coefficient (Wildman–Crippen LogP) is 2.12. The highest BCUT2D eigenvalue weighted by Crippen LogP contribution is 2.22. The van der Waals surface area contributed by atoms with Gasteiger partial charge in [-0.2, -0.15) is 0 Å². The number of nitrogens with zero attached hydrogens (tertiary/aromatic N) is 3. The fraction of sp³-hybridized carbons (Fsp3) is 0.529. The van der Waals surface area contributed by atoms with Gasteiger partial charge in [0.1, 0.15) is 11.3 Å². The molecule has 0 aliphatic carbocycles. The van der Waals surface area contributed by atoms with Crippen molar-refractivity contribution in [3.8, 4) is 0 Å². The summed E-state index contributed by atoms with van der Waals surface area (Å²) >= 11 is 0. The Kier molecular flexibility index (Phi) is 4.16. The number of aromatic nitrogens is 2. The molecule has 22 heavy (non-hydrogen) atoms. The number of fused-ring (bicyclic) bond motifs is 1. The Labute approximate surface area is 130 Å². The molecule has 1 amide bonds. The Balaban J connectivity index is 1.96. The molecule has 0 unspecified atom stereocenters. The number of aliphatic hydroxyl groups is 1. The SMILES string of the molecule is CCCc1nc2c(C(=O)N3CCC(O)CC3)cccc2n1C. The van der Waals surface area contributed by atoms with E-state index in [0.29, 0.717) is 31.5 Å². The van der Waals surface area contributed by atoms with Crippen molar-refractivity contribution < 1.29 is 9.90 Å². The number of amides is 1. The smallest absolute Gasteiger partial charge is 0.256 e.